The summed E-state index contributed by atoms with van der Waals surface area (Å²) in [5, 5.41) is 3.31. The van der Waals surface area contributed by atoms with Gasteiger partial charge in [-0.25, -0.2) is 4.39 Å². The lowest BCUT2D eigenvalue weighted by atomic mass is 10.1. The third-order valence-electron chi connectivity index (χ3n) is 3.90. The van der Waals surface area contributed by atoms with Crippen LogP contribution in [0.1, 0.15) is 12.7 Å². The van der Waals surface area contributed by atoms with E-state index in [-0.39, 0.29) is 11.7 Å². The number of fused-ring (bicyclic) bond motifs is 1. The molecule has 1 aliphatic heterocycles. The van der Waals surface area contributed by atoms with Crippen LogP contribution in [-0.4, -0.2) is 21.8 Å². The molecule has 0 atom stereocenters. The zero-order valence-corrected chi connectivity index (χ0v) is 15.7. The predicted molar refractivity (Wildman–Crippen MR) is 107 cm³/mol. The summed E-state index contributed by atoms with van der Waals surface area (Å²) in [7, 11) is 0. The Bertz CT molecular complexity index is 1110. The summed E-state index contributed by atoms with van der Waals surface area (Å²) < 4.78 is 25.8. The fourth-order valence-corrected chi connectivity index (χ4v) is 3.77. The van der Waals surface area contributed by atoms with Gasteiger partial charge in [0.1, 0.15) is 15.7 Å². The number of benzene rings is 1. The topological polar surface area (TPSA) is 64.4 Å². The van der Waals surface area contributed by atoms with Crippen molar-refractivity contribution in [1.82, 2.24) is 10.3 Å². The first-order valence-corrected chi connectivity index (χ1v) is 9.32. The average molecular weight is 400 g/mol. The molecule has 8 heteroatoms. The number of amides is 1. The number of furan rings is 1. The van der Waals surface area contributed by atoms with E-state index < -0.39 is 5.82 Å². The van der Waals surface area contributed by atoms with E-state index in [2.05, 4.69) is 10.3 Å². The molecule has 0 radical (unpaired) electrons. The third kappa shape index (κ3) is 3.45. The molecule has 3 heterocycles. The van der Waals surface area contributed by atoms with Crippen LogP contribution >= 0.6 is 24.0 Å². The van der Waals surface area contributed by atoms with Gasteiger partial charge in [0.15, 0.2) is 11.6 Å². The van der Waals surface area contributed by atoms with Crippen LogP contribution in [0.2, 0.25) is 0 Å². The van der Waals surface area contributed by atoms with Crippen LogP contribution in [0.15, 0.2) is 46.0 Å². The second-order valence-corrected chi connectivity index (χ2v) is 7.40. The molecule has 27 heavy (non-hydrogen) atoms. The summed E-state index contributed by atoms with van der Waals surface area (Å²) in [6.45, 7) is 2.19. The van der Waals surface area contributed by atoms with E-state index >= 15 is 0 Å². The predicted octanol–water partition coefficient (Wildman–Crippen LogP) is 4.52. The van der Waals surface area contributed by atoms with Crippen molar-refractivity contribution < 1.29 is 18.3 Å². The second kappa shape index (κ2) is 7.13. The molecule has 3 aromatic rings. The highest BCUT2D eigenvalue weighted by atomic mass is 32.2. The molecular weight excluding hydrogens is 387 g/mol. The van der Waals surface area contributed by atoms with Gasteiger partial charge in [-0.05, 0) is 30.7 Å². The summed E-state index contributed by atoms with van der Waals surface area (Å²) in [5.41, 5.74) is 1.83. The number of aromatic nitrogens is 1. The number of carbonyl (C=O) groups is 1. The van der Waals surface area contributed by atoms with Crippen molar-refractivity contribution in [2.24, 2.45) is 0 Å². The number of nitrogens with zero attached hydrogens (tertiary/aromatic N) is 1. The smallest absolute Gasteiger partial charge is 0.263 e. The third-order valence-corrected chi connectivity index (χ3v) is 5.06. The molecule has 0 unspecified atom stereocenters. The maximum atomic E-state index is 14.2. The second-order valence-electron chi connectivity index (χ2n) is 5.68. The van der Waals surface area contributed by atoms with Crippen LogP contribution < -0.4 is 10.1 Å². The van der Waals surface area contributed by atoms with Crippen LogP contribution in [-0.2, 0) is 4.79 Å². The lowest BCUT2D eigenvalue weighted by Gasteiger charge is -2.07. The number of hydrogen-bond acceptors (Lipinski definition) is 6. The first-order chi connectivity index (χ1) is 13.0. The number of carbonyl (C=O) groups excluding carboxylic acids is 1. The quantitative estimate of drug-likeness (QED) is 0.513. The number of halogens is 1. The SMILES string of the molecule is CCOc1ccc(-c2cncc3cc(/C=C4/SC(=S)NC4=O)oc23)cc1F. The van der Waals surface area contributed by atoms with Gasteiger partial charge < -0.3 is 14.5 Å². The zero-order chi connectivity index (χ0) is 19.0. The van der Waals surface area contributed by atoms with Gasteiger partial charge in [0.2, 0.25) is 0 Å². The molecule has 1 N–H and O–H groups in total. The highest BCUT2D eigenvalue weighted by Crippen LogP contribution is 2.34. The van der Waals surface area contributed by atoms with E-state index in [0.29, 0.717) is 38.3 Å². The van der Waals surface area contributed by atoms with Gasteiger partial charge in [0.05, 0.1) is 11.5 Å². The van der Waals surface area contributed by atoms with Crippen LogP contribution in [0.5, 0.6) is 5.75 Å². The Hall–Kier alpha value is -2.71. The molecule has 0 aliphatic carbocycles. The number of thiocarbonyl (C=S) groups is 1. The van der Waals surface area contributed by atoms with Crippen LogP contribution in [0.3, 0.4) is 0 Å². The molecule has 0 bridgehead atoms. The first-order valence-electron chi connectivity index (χ1n) is 8.10. The standard InChI is InChI=1S/C19H13FN2O3S2/c1-2-24-15-4-3-10(6-14(15)20)13-9-21-8-11-5-12(25-17(11)13)7-16-18(23)22-19(26)27-16/h3-9H,2H2,1H3,(H,22,23,26)/b16-7+. The van der Waals surface area contributed by atoms with Gasteiger partial charge in [0, 0.05) is 29.4 Å². The molecule has 2 aromatic heterocycles. The maximum Gasteiger partial charge on any atom is 0.263 e. The Kier molecular flexibility index (Phi) is 4.67. The Morgan fingerprint density at radius 2 is 2.22 bits per heavy atom. The fraction of sp³-hybridized carbons (Fsp3) is 0.105. The summed E-state index contributed by atoms with van der Waals surface area (Å²) in [6, 6.07) is 6.50. The minimum Gasteiger partial charge on any atom is -0.491 e. The van der Waals surface area contributed by atoms with Crippen LogP contribution in [0.4, 0.5) is 4.39 Å². The van der Waals surface area contributed by atoms with Crippen molar-refractivity contribution in [2.45, 2.75) is 6.92 Å². The summed E-state index contributed by atoms with van der Waals surface area (Å²) in [5.74, 6) is -0.00956. The van der Waals surface area contributed by atoms with Crippen LogP contribution in [0.25, 0.3) is 28.2 Å². The highest BCUT2D eigenvalue weighted by molar-refractivity contribution is 8.26. The van der Waals surface area contributed by atoms with Crippen molar-refractivity contribution in [3.63, 3.8) is 0 Å². The van der Waals surface area contributed by atoms with Crippen molar-refractivity contribution in [3.8, 4) is 16.9 Å². The molecule has 1 amide bonds. The Morgan fingerprint density at radius 1 is 1.37 bits per heavy atom. The number of ether oxygens (including phenoxy) is 1. The van der Waals surface area contributed by atoms with Gasteiger partial charge in [-0.3, -0.25) is 9.78 Å². The average Bonchev–Trinajstić information content (AvgIpc) is 3.19. The molecule has 0 spiro atoms. The van der Waals surface area contributed by atoms with E-state index in [0.717, 1.165) is 5.39 Å². The number of rotatable bonds is 4. The fourth-order valence-electron chi connectivity index (χ4n) is 2.75. The van der Waals surface area contributed by atoms with Crippen molar-refractivity contribution >= 4 is 51.3 Å². The van der Waals surface area contributed by atoms with Crippen molar-refractivity contribution in [1.29, 1.82) is 0 Å². The molecule has 1 aliphatic rings. The zero-order valence-electron chi connectivity index (χ0n) is 14.1. The Balaban J connectivity index is 1.76. The molecule has 1 saturated heterocycles. The van der Waals surface area contributed by atoms with Gasteiger partial charge in [-0.15, -0.1) is 0 Å². The monoisotopic (exact) mass is 400 g/mol. The normalized spacial score (nSPS) is 15.6. The van der Waals surface area contributed by atoms with E-state index in [1.807, 2.05) is 0 Å². The molecule has 5 nitrogen and oxygen atoms in total. The minimum atomic E-state index is -0.451. The van der Waals surface area contributed by atoms with Gasteiger partial charge >= 0.3 is 0 Å². The summed E-state index contributed by atoms with van der Waals surface area (Å²) in [6.07, 6.45) is 4.90. The lowest BCUT2D eigenvalue weighted by molar-refractivity contribution is -0.115. The van der Waals surface area contributed by atoms with Gasteiger partial charge in [-0.2, -0.15) is 0 Å². The van der Waals surface area contributed by atoms with Gasteiger partial charge in [-0.1, -0.05) is 30.0 Å². The van der Waals surface area contributed by atoms with Crippen LogP contribution in [0, 0.1) is 5.82 Å². The Labute approximate surface area is 163 Å². The number of nitrogens with one attached hydrogen (secondary N) is 1. The molecule has 0 saturated carbocycles. The number of pyridine rings is 1. The molecule has 136 valence electrons. The molecular formula is C19H13FN2O3S2. The van der Waals surface area contributed by atoms with E-state index in [4.69, 9.17) is 21.4 Å². The first kappa shape index (κ1) is 17.7. The van der Waals surface area contributed by atoms with Gasteiger partial charge in [0.25, 0.3) is 5.91 Å². The molecule has 1 aromatic carbocycles. The minimum absolute atomic E-state index is 0.200. The number of thioether (sulfide) groups is 1. The summed E-state index contributed by atoms with van der Waals surface area (Å²) >= 11 is 6.16. The lowest BCUT2D eigenvalue weighted by Crippen LogP contribution is -2.17. The molecule has 4 rings (SSSR count). The van der Waals surface area contributed by atoms with E-state index in [1.54, 1.807) is 43.6 Å². The van der Waals surface area contributed by atoms with E-state index in [1.165, 1.54) is 17.8 Å². The summed E-state index contributed by atoms with van der Waals surface area (Å²) in [4.78, 5) is 16.5. The maximum absolute atomic E-state index is 14.2. The van der Waals surface area contributed by atoms with Crippen molar-refractivity contribution in [2.75, 3.05) is 6.61 Å². The molecule has 1 fully saturated rings. The number of hydrogen-bond donors (Lipinski definition) is 1. The Morgan fingerprint density at radius 3 is 2.93 bits per heavy atom. The van der Waals surface area contributed by atoms with Crippen molar-refractivity contribution in [3.05, 3.63) is 53.1 Å². The highest BCUT2D eigenvalue weighted by Gasteiger charge is 2.23. The largest absolute Gasteiger partial charge is 0.491 e. The van der Waals surface area contributed by atoms with E-state index in [9.17, 15) is 9.18 Å².